The van der Waals surface area contributed by atoms with Crippen molar-refractivity contribution < 1.29 is 24.2 Å². The highest BCUT2D eigenvalue weighted by molar-refractivity contribution is 5.96. The van der Waals surface area contributed by atoms with Gasteiger partial charge in [-0.3, -0.25) is 4.79 Å². The Morgan fingerprint density at radius 1 is 1.20 bits per heavy atom. The van der Waals surface area contributed by atoms with E-state index < -0.39 is 23.4 Å². The maximum absolute atomic E-state index is 12.5. The number of carbonyl (C=O) groups is 3. The summed E-state index contributed by atoms with van der Waals surface area (Å²) in [5.74, 6) is -2.22. The van der Waals surface area contributed by atoms with Crippen LogP contribution in [0.15, 0.2) is 30.6 Å². The van der Waals surface area contributed by atoms with Crippen LogP contribution in [0.4, 0.5) is 0 Å². The number of carboxylic acid groups (broad SMARTS) is 1. The van der Waals surface area contributed by atoms with Crippen molar-refractivity contribution >= 4 is 23.6 Å². The number of hydrogen-bond donors (Lipinski definition) is 2. The molecule has 0 atom stereocenters. The van der Waals surface area contributed by atoms with Gasteiger partial charge < -0.3 is 15.2 Å². The molecule has 0 aliphatic heterocycles. The minimum Gasteiger partial charge on any atom is -0.477 e. The van der Waals surface area contributed by atoms with E-state index in [0.717, 1.165) is 22.5 Å². The predicted molar refractivity (Wildman–Crippen MR) is 105 cm³/mol. The first-order chi connectivity index (χ1) is 14.0. The average molecular weight is 411 g/mol. The molecule has 0 aliphatic carbocycles. The maximum Gasteiger partial charge on any atom is 0.354 e. The third-order valence-electron chi connectivity index (χ3n) is 4.07. The Balaban J connectivity index is 1.73. The Hall–Kier alpha value is -3.82. The molecule has 2 heterocycles. The van der Waals surface area contributed by atoms with Crippen LogP contribution >= 0.6 is 0 Å². The van der Waals surface area contributed by atoms with Crippen LogP contribution in [0.2, 0.25) is 0 Å². The summed E-state index contributed by atoms with van der Waals surface area (Å²) in [5.41, 5.74) is 1.02. The molecule has 156 valence electrons. The highest BCUT2D eigenvalue weighted by Crippen LogP contribution is 2.17. The van der Waals surface area contributed by atoms with Crippen molar-refractivity contribution in [2.75, 3.05) is 0 Å². The quantitative estimate of drug-likeness (QED) is 0.609. The summed E-state index contributed by atoms with van der Waals surface area (Å²) in [5, 5.41) is 15.8. The average Bonchev–Trinajstić information content (AvgIpc) is 3.12. The standard InChI is InChI=1S/C20H21N5O5/c1-11-7-12(5-6-13(11)18(29)30-20(2,3)4)9-21-16(26)14-8-15(17(27)28)25-19(24-14)22-10-23-25/h5-8,10H,9H2,1-4H3,(H,21,26)(H,27,28). The molecular weight excluding hydrogens is 390 g/mol. The second-order valence-electron chi connectivity index (χ2n) is 7.64. The largest absolute Gasteiger partial charge is 0.477 e. The normalized spacial score (nSPS) is 11.3. The molecule has 0 saturated heterocycles. The molecule has 2 N–H and O–H groups in total. The van der Waals surface area contributed by atoms with Crippen LogP contribution < -0.4 is 5.32 Å². The first-order valence-electron chi connectivity index (χ1n) is 9.10. The number of aryl methyl sites for hydroxylation is 1. The van der Waals surface area contributed by atoms with Crippen LogP contribution in [0, 0.1) is 6.92 Å². The zero-order chi connectivity index (χ0) is 22.1. The summed E-state index contributed by atoms with van der Waals surface area (Å²) in [6.07, 6.45) is 1.16. The van der Waals surface area contributed by atoms with E-state index in [4.69, 9.17) is 4.74 Å². The van der Waals surface area contributed by atoms with Crippen molar-refractivity contribution in [3.63, 3.8) is 0 Å². The number of fused-ring (bicyclic) bond motifs is 1. The van der Waals surface area contributed by atoms with Gasteiger partial charge in [-0.2, -0.15) is 14.6 Å². The van der Waals surface area contributed by atoms with E-state index >= 15 is 0 Å². The molecule has 10 heteroatoms. The molecule has 3 rings (SSSR count). The Morgan fingerprint density at radius 2 is 1.93 bits per heavy atom. The summed E-state index contributed by atoms with van der Waals surface area (Å²) in [4.78, 5) is 44.0. The number of ether oxygens (including phenoxy) is 1. The molecule has 10 nitrogen and oxygen atoms in total. The number of nitrogens with zero attached hydrogens (tertiary/aromatic N) is 4. The van der Waals surface area contributed by atoms with Gasteiger partial charge in [-0.15, -0.1) is 0 Å². The zero-order valence-electron chi connectivity index (χ0n) is 17.0. The number of hydrogen-bond acceptors (Lipinski definition) is 7. The van der Waals surface area contributed by atoms with Crippen LogP contribution in [0.5, 0.6) is 0 Å². The van der Waals surface area contributed by atoms with Gasteiger partial charge in [-0.25, -0.2) is 14.6 Å². The molecule has 2 aromatic heterocycles. The zero-order valence-corrected chi connectivity index (χ0v) is 17.0. The number of nitrogens with one attached hydrogen (secondary N) is 1. The Morgan fingerprint density at radius 3 is 2.57 bits per heavy atom. The summed E-state index contributed by atoms with van der Waals surface area (Å²) >= 11 is 0. The molecule has 0 saturated carbocycles. The highest BCUT2D eigenvalue weighted by atomic mass is 16.6. The van der Waals surface area contributed by atoms with Gasteiger partial charge >= 0.3 is 11.9 Å². The van der Waals surface area contributed by atoms with Gasteiger partial charge in [0.25, 0.3) is 11.7 Å². The minimum absolute atomic E-state index is 0.0117. The first kappa shape index (κ1) is 20.9. The van der Waals surface area contributed by atoms with E-state index in [9.17, 15) is 19.5 Å². The van der Waals surface area contributed by atoms with Gasteiger partial charge in [0.15, 0.2) is 5.69 Å². The highest BCUT2D eigenvalue weighted by Gasteiger charge is 2.20. The van der Waals surface area contributed by atoms with Gasteiger partial charge in [0.05, 0.1) is 5.56 Å². The SMILES string of the molecule is Cc1cc(CNC(=O)c2cc(C(=O)O)n3ncnc3n2)ccc1C(=O)OC(C)(C)C. The first-order valence-corrected chi connectivity index (χ1v) is 9.10. The van der Waals surface area contributed by atoms with E-state index in [1.54, 1.807) is 45.9 Å². The van der Waals surface area contributed by atoms with Crippen molar-refractivity contribution in [2.24, 2.45) is 0 Å². The van der Waals surface area contributed by atoms with E-state index in [1.165, 1.54) is 0 Å². The molecule has 30 heavy (non-hydrogen) atoms. The van der Waals surface area contributed by atoms with Crippen molar-refractivity contribution in [2.45, 2.75) is 39.8 Å². The van der Waals surface area contributed by atoms with Crippen molar-refractivity contribution in [1.82, 2.24) is 24.9 Å². The van der Waals surface area contributed by atoms with Gasteiger partial charge in [0.1, 0.15) is 17.6 Å². The van der Waals surface area contributed by atoms with Gasteiger partial charge in [-0.1, -0.05) is 12.1 Å². The third kappa shape index (κ3) is 4.59. The molecule has 0 spiro atoms. The lowest BCUT2D eigenvalue weighted by Gasteiger charge is -2.20. The van der Waals surface area contributed by atoms with E-state index in [2.05, 4.69) is 20.4 Å². The fourth-order valence-electron chi connectivity index (χ4n) is 2.75. The topological polar surface area (TPSA) is 136 Å². The molecule has 0 bridgehead atoms. The number of carboxylic acids is 1. The lowest BCUT2D eigenvalue weighted by atomic mass is 10.0. The molecular formula is C20H21N5O5. The van der Waals surface area contributed by atoms with Crippen LogP contribution in [0.1, 0.15) is 63.2 Å². The van der Waals surface area contributed by atoms with Crippen LogP contribution in [-0.4, -0.2) is 48.1 Å². The number of rotatable bonds is 5. The number of aromatic carboxylic acids is 1. The number of amides is 1. The van der Waals surface area contributed by atoms with Crippen molar-refractivity contribution in [3.8, 4) is 0 Å². The van der Waals surface area contributed by atoms with Gasteiger partial charge in [-0.05, 0) is 44.9 Å². The van der Waals surface area contributed by atoms with E-state index in [1.807, 2.05) is 0 Å². The van der Waals surface area contributed by atoms with E-state index in [-0.39, 0.29) is 23.7 Å². The monoisotopic (exact) mass is 411 g/mol. The fourth-order valence-corrected chi connectivity index (χ4v) is 2.75. The Kier molecular flexibility index (Phi) is 5.50. The summed E-state index contributed by atoms with van der Waals surface area (Å²) in [6.45, 7) is 7.33. The lowest BCUT2D eigenvalue weighted by Crippen LogP contribution is -2.26. The van der Waals surface area contributed by atoms with E-state index in [0.29, 0.717) is 11.1 Å². The second-order valence-corrected chi connectivity index (χ2v) is 7.64. The van der Waals surface area contributed by atoms with Crippen LogP contribution in [0.25, 0.3) is 5.78 Å². The second kappa shape index (κ2) is 7.90. The molecule has 0 radical (unpaired) electrons. The molecule has 3 aromatic rings. The number of carbonyl (C=O) groups excluding carboxylic acids is 2. The molecule has 1 amide bonds. The smallest absolute Gasteiger partial charge is 0.354 e. The molecule has 0 aliphatic rings. The Labute approximate surface area is 171 Å². The maximum atomic E-state index is 12.5. The molecule has 0 unspecified atom stereocenters. The van der Waals surface area contributed by atoms with Gasteiger partial charge in [0, 0.05) is 12.6 Å². The summed E-state index contributed by atoms with van der Waals surface area (Å²) in [7, 11) is 0. The third-order valence-corrected chi connectivity index (χ3v) is 4.07. The van der Waals surface area contributed by atoms with Crippen LogP contribution in [-0.2, 0) is 11.3 Å². The number of aromatic nitrogens is 4. The molecule has 0 fully saturated rings. The lowest BCUT2D eigenvalue weighted by molar-refractivity contribution is 0.00684. The van der Waals surface area contributed by atoms with Crippen LogP contribution in [0.3, 0.4) is 0 Å². The summed E-state index contributed by atoms with van der Waals surface area (Å²) < 4.78 is 6.42. The Bertz CT molecular complexity index is 1150. The number of esters is 1. The predicted octanol–water partition coefficient (Wildman–Crippen LogP) is 2.02. The van der Waals surface area contributed by atoms with Crippen molar-refractivity contribution in [1.29, 1.82) is 0 Å². The fraction of sp³-hybridized carbons (Fsp3) is 0.300. The van der Waals surface area contributed by atoms with Crippen molar-refractivity contribution in [3.05, 3.63) is 58.7 Å². The van der Waals surface area contributed by atoms with Gasteiger partial charge in [0.2, 0.25) is 0 Å². The minimum atomic E-state index is -1.25. The summed E-state index contributed by atoms with van der Waals surface area (Å²) in [6, 6.07) is 6.27. The molecule has 1 aromatic carbocycles. The number of benzene rings is 1.